The van der Waals surface area contributed by atoms with Crippen LogP contribution >= 0.6 is 27.7 Å². The number of carbonyl (C=O) groups is 1. The molecule has 1 saturated heterocycles. The summed E-state index contributed by atoms with van der Waals surface area (Å²) < 4.78 is 0.944. The molecule has 1 aromatic carbocycles. The zero-order valence-corrected chi connectivity index (χ0v) is 13.2. The third-order valence-electron chi connectivity index (χ3n) is 2.69. The van der Waals surface area contributed by atoms with Crippen LogP contribution in [-0.4, -0.2) is 16.1 Å². The van der Waals surface area contributed by atoms with Gasteiger partial charge in [0.05, 0.1) is 10.6 Å². The summed E-state index contributed by atoms with van der Waals surface area (Å²) in [4.78, 5) is 21.0. The van der Waals surface area contributed by atoms with E-state index in [9.17, 15) is 4.79 Å². The van der Waals surface area contributed by atoms with Crippen LogP contribution in [0.5, 0.6) is 0 Å². The van der Waals surface area contributed by atoms with Crippen molar-refractivity contribution in [2.24, 2.45) is 4.99 Å². The lowest BCUT2D eigenvalue weighted by Gasteiger charge is -2.00. The lowest BCUT2D eigenvalue weighted by Crippen LogP contribution is -2.18. The molecule has 0 radical (unpaired) electrons. The van der Waals surface area contributed by atoms with E-state index < -0.39 is 0 Å². The normalized spacial score (nSPS) is 18.2. The van der Waals surface area contributed by atoms with Gasteiger partial charge in [-0.25, -0.2) is 4.99 Å². The number of amides is 1. The largest absolute Gasteiger partial charge is 0.300 e. The van der Waals surface area contributed by atoms with E-state index in [1.54, 1.807) is 12.4 Å². The Balaban J connectivity index is 1.96. The SMILES string of the molecule is O=C1NC(=Nc2cccc(Br)c2)C(=Cc2cccnc2)S1. The van der Waals surface area contributed by atoms with Crippen molar-refractivity contribution >= 4 is 50.5 Å². The van der Waals surface area contributed by atoms with Crippen molar-refractivity contribution in [1.29, 1.82) is 0 Å². The number of thioether (sulfide) groups is 1. The molecule has 0 unspecified atom stereocenters. The quantitative estimate of drug-likeness (QED) is 0.865. The number of amidine groups is 1. The van der Waals surface area contributed by atoms with Crippen molar-refractivity contribution < 1.29 is 4.79 Å². The van der Waals surface area contributed by atoms with Gasteiger partial charge in [0.1, 0.15) is 5.84 Å². The van der Waals surface area contributed by atoms with Crippen molar-refractivity contribution in [3.63, 3.8) is 0 Å². The lowest BCUT2D eigenvalue weighted by atomic mass is 10.2. The number of halogens is 1. The van der Waals surface area contributed by atoms with Crippen LogP contribution < -0.4 is 5.32 Å². The molecule has 2 aromatic rings. The van der Waals surface area contributed by atoms with Crippen molar-refractivity contribution in [3.05, 3.63) is 63.7 Å². The summed E-state index contributed by atoms with van der Waals surface area (Å²) in [6, 6.07) is 11.4. The van der Waals surface area contributed by atoms with Crippen molar-refractivity contribution in [2.75, 3.05) is 0 Å². The van der Waals surface area contributed by atoms with Gasteiger partial charge >= 0.3 is 0 Å². The molecule has 6 heteroatoms. The fraction of sp³-hybridized carbons (Fsp3) is 0. The number of pyridine rings is 1. The van der Waals surface area contributed by atoms with Crippen LogP contribution in [0, 0.1) is 0 Å². The maximum absolute atomic E-state index is 11.6. The highest BCUT2D eigenvalue weighted by Crippen LogP contribution is 2.28. The van der Waals surface area contributed by atoms with Gasteiger partial charge in [0.15, 0.2) is 0 Å². The van der Waals surface area contributed by atoms with Crippen molar-refractivity contribution in [2.45, 2.75) is 0 Å². The van der Waals surface area contributed by atoms with E-state index in [-0.39, 0.29) is 5.24 Å². The number of rotatable bonds is 2. The Morgan fingerprint density at radius 3 is 2.95 bits per heavy atom. The smallest absolute Gasteiger partial charge is 0.289 e. The second-order valence-corrected chi connectivity index (χ2v) is 6.18. The fourth-order valence-electron chi connectivity index (χ4n) is 1.80. The van der Waals surface area contributed by atoms with Gasteiger partial charge in [-0.05, 0) is 47.7 Å². The summed E-state index contributed by atoms with van der Waals surface area (Å²) in [6.07, 6.45) is 5.35. The molecule has 0 spiro atoms. The Hall–Kier alpha value is -1.92. The molecule has 104 valence electrons. The second kappa shape index (κ2) is 6.24. The molecule has 4 nitrogen and oxygen atoms in total. The summed E-state index contributed by atoms with van der Waals surface area (Å²) in [6.45, 7) is 0. The molecule has 3 rings (SSSR count). The number of aromatic nitrogens is 1. The van der Waals surface area contributed by atoms with E-state index >= 15 is 0 Å². The molecule has 0 saturated carbocycles. The Morgan fingerprint density at radius 2 is 2.19 bits per heavy atom. The Kier molecular flexibility index (Phi) is 4.17. The summed E-state index contributed by atoms with van der Waals surface area (Å²) >= 11 is 4.54. The van der Waals surface area contributed by atoms with E-state index in [1.807, 2.05) is 42.5 Å². The van der Waals surface area contributed by atoms with E-state index in [1.165, 1.54) is 0 Å². The first-order valence-corrected chi connectivity index (χ1v) is 7.77. The van der Waals surface area contributed by atoms with Crippen LogP contribution in [0.2, 0.25) is 0 Å². The third kappa shape index (κ3) is 3.59. The van der Waals surface area contributed by atoms with Gasteiger partial charge < -0.3 is 5.32 Å². The summed E-state index contributed by atoms with van der Waals surface area (Å²) in [7, 11) is 0. The highest BCUT2D eigenvalue weighted by Gasteiger charge is 2.23. The minimum Gasteiger partial charge on any atom is -0.300 e. The molecule has 2 heterocycles. The van der Waals surface area contributed by atoms with Gasteiger partial charge in [0.25, 0.3) is 5.24 Å². The van der Waals surface area contributed by atoms with Crippen LogP contribution in [0.25, 0.3) is 6.08 Å². The van der Waals surface area contributed by atoms with Crippen LogP contribution in [0.4, 0.5) is 10.5 Å². The first-order valence-electron chi connectivity index (χ1n) is 6.16. The molecule has 1 N–H and O–H groups in total. The Labute approximate surface area is 134 Å². The molecule has 1 aliphatic rings. The Morgan fingerprint density at radius 1 is 1.29 bits per heavy atom. The molecular formula is C15H10BrN3OS. The monoisotopic (exact) mass is 359 g/mol. The minimum atomic E-state index is -0.126. The molecule has 0 aliphatic carbocycles. The van der Waals surface area contributed by atoms with Gasteiger partial charge in [-0.15, -0.1) is 0 Å². The number of nitrogens with zero attached hydrogens (tertiary/aromatic N) is 2. The topological polar surface area (TPSA) is 54.4 Å². The first kappa shape index (κ1) is 14.0. The maximum atomic E-state index is 11.6. The van der Waals surface area contributed by atoms with E-state index in [4.69, 9.17) is 0 Å². The number of carbonyl (C=O) groups excluding carboxylic acids is 1. The van der Waals surface area contributed by atoms with E-state index in [2.05, 4.69) is 31.2 Å². The summed E-state index contributed by atoms with van der Waals surface area (Å²) in [5.74, 6) is 0.562. The predicted octanol–water partition coefficient (Wildman–Crippen LogP) is 4.37. The molecular weight excluding hydrogens is 350 g/mol. The van der Waals surface area contributed by atoms with Crippen LogP contribution in [0.15, 0.2) is 63.2 Å². The molecule has 0 atom stereocenters. The van der Waals surface area contributed by atoms with Gasteiger partial charge in [-0.3, -0.25) is 9.78 Å². The highest BCUT2D eigenvalue weighted by molar-refractivity contribution is 9.10. The zero-order chi connectivity index (χ0) is 14.7. The number of hydrogen-bond donors (Lipinski definition) is 1. The zero-order valence-electron chi connectivity index (χ0n) is 10.8. The number of aliphatic imine (C=N–C) groups is 1. The molecule has 1 aromatic heterocycles. The number of nitrogens with one attached hydrogen (secondary N) is 1. The van der Waals surface area contributed by atoms with Crippen LogP contribution in [0.3, 0.4) is 0 Å². The maximum Gasteiger partial charge on any atom is 0.289 e. The predicted molar refractivity (Wildman–Crippen MR) is 89.6 cm³/mol. The van der Waals surface area contributed by atoms with E-state index in [0.29, 0.717) is 5.84 Å². The Bertz CT molecular complexity index is 744. The molecule has 21 heavy (non-hydrogen) atoms. The third-order valence-corrected chi connectivity index (χ3v) is 4.00. The second-order valence-electron chi connectivity index (χ2n) is 4.25. The van der Waals surface area contributed by atoms with Gasteiger partial charge in [0, 0.05) is 16.9 Å². The van der Waals surface area contributed by atoms with Gasteiger partial charge in [-0.1, -0.05) is 28.1 Å². The van der Waals surface area contributed by atoms with Crippen molar-refractivity contribution in [1.82, 2.24) is 10.3 Å². The van der Waals surface area contributed by atoms with E-state index in [0.717, 1.165) is 32.4 Å². The molecule has 1 aliphatic heterocycles. The average molecular weight is 360 g/mol. The molecule has 1 amide bonds. The minimum absolute atomic E-state index is 0.126. The average Bonchev–Trinajstić information content (AvgIpc) is 2.80. The van der Waals surface area contributed by atoms with Gasteiger partial charge in [-0.2, -0.15) is 0 Å². The molecule has 1 fully saturated rings. The summed E-state index contributed by atoms with van der Waals surface area (Å²) in [5.41, 5.74) is 1.71. The standard InChI is InChI=1S/C15H10BrN3OS/c16-11-4-1-5-12(8-11)18-14-13(21-15(20)19-14)7-10-3-2-6-17-9-10/h1-9H,(H,18,19,20). The summed E-state index contributed by atoms with van der Waals surface area (Å²) in [5, 5.41) is 2.64. The van der Waals surface area contributed by atoms with Crippen molar-refractivity contribution in [3.8, 4) is 0 Å². The number of benzene rings is 1. The highest BCUT2D eigenvalue weighted by atomic mass is 79.9. The number of hydrogen-bond acceptors (Lipinski definition) is 4. The lowest BCUT2D eigenvalue weighted by molar-refractivity contribution is 0.265. The van der Waals surface area contributed by atoms with Crippen LogP contribution in [-0.2, 0) is 0 Å². The fourth-order valence-corrected chi connectivity index (χ4v) is 2.92. The molecule has 0 bridgehead atoms. The van der Waals surface area contributed by atoms with Gasteiger partial charge in [0.2, 0.25) is 0 Å². The first-order chi connectivity index (χ1) is 10.2. The van der Waals surface area contributed by atoms with Crippen LogP contribution in [0.1, 0.15) is 5.56 Å².